The predicted molar refractivity (Wildman–Crippen MR) is 208 cm³/mol. The molecule has 2 nitrogen and oxygen atoms in total. The molecule has 0 aliphatic rings. The Hall–Kier alpha value is -5.60. The van der Waals surface area contributed by atoms with Crippen molar-refractivity contribution in [1.82, 2.24) is 0 Å². The quantitative estimate of drug-likeness (QED) is 0.156. The van der Waals surface area contributed by atoms with Crippen LogP contribution in [0.15, 0.2) is 158 Å². The van der Waals surface area contributed by atoms with Crippen LogP contribution >= 0.6 is 0 Å². The minimum atomic E-state index is 0.481. The monoisotopic (exact) mass is 620 g/mol. The Balaban J connectivity index is 1.38. The van der Waals surface area contributed by atoms with Gasteiger partial charge in [-0.05, 0) is 105 Å². The van der Waals surface area contributed by atoms with Crippen LogP contribution < -0.4 is 9.80 Å². The van der Waals surface area contributed by atoms with Crippen LogP contribution in [0.4, 0.5) is 34.1 Å². The summed E-state index contributed by atoms with van der Waals surface area (Å²) in [6, 6.07) is 58.0. The molecule has 0 atom stereocenters. The SMILES string of the molecule is CC(C)c1ccc(N(c2ccccc2)c2cc3ccc(N(c4ccccc4)c4ccc(C(C)C)cc4)c4ccc5cccc2c5c34)cc1. The Morgan fingerprint density at radius 2 is 0.812 bits per heavy atom. The van der Waals surface area contributed by atoms with Gasteiger partial charge in [-0.2, -0.15) is 0 Å². The summed E-state index contributed by atoms with van der Waals surface area (Å²) in [4.78, 5) is 4.82. The fourth-order valence-electron chi connectivity index (χ4n) is 7.20. The van der Waals surface area contributed by atoms with Gasteiger partial charge in [0.1, 0.15) is 0 Å². The maximum absolute atomic E-state index is 2.42. The Morgan fingerprint density at radius 1 is 0.354 bits per heavy atom. The second kappa shape index (κ2) is 12.2. The highest BCUT2D eigenvalue weighted by Crippen LogP contribution is 2.48. The molecule has 0 unspecified atom stereocenters. The first-order valence-electron chi connectivity index (χ1n) is 17.1. The summed E-state index contributed by atoms with van der Waals surface area (Å²) in [6.45, 7) is 9.00. The predicted octanol–water partition coefficient (Wildman–Crippen LogP) is 13.8. The lowest BCUT2D eigenvalue weighted by molar-refractivity contribution is 0.866. The van der Waals surface area contributed by atoms with E-state index in [-0.39, 0.29) is 0 Å². The third kappa shape index (κ3) is 5.15. The van der Waals surface area contributed by atoms with E-state index in [1.165, 1.54) is 54.8 Å². The molecule has 0 aromatic heterocycles. The van der Waals surface area contributed by atoms with Gasteiger partial charge in [-0.15, -0.1) is 0 Å². The molecule has 0 aliphatic carbocycles. The van der Waals surface area contributed by atoms with Crippen molar-refractivity contribution >= 4 is 66.4 Å². The van der Waals surface area contributed by atoms with Crippen LogP contribution in [0.25, 0.3) is 32.3 Å². The lowest BCUT2D eigenvalue weighted by atomic mass is 9.91. The number of anilines is 6. The van der Waals surface area contributed by atoms with Gasteiger partial charge in [0.15, 0.2) is 0 Å². The van der Waals surface area contributed by atoms with Crippen LogP contribution in [0.2, 0.25) is 0 Å². The topological polar surface area (TPSA) is 6.48 Å². The number of para-hydroxylation sites is 2. The van der Waals surface area contributed by atoms with E-state index < -0.39 is 0 Å². The van der Waals surface area contributed by atoms with Gasteiger partial charge < -0.3 is 9.80 Å². The lowest BCUT2D eigenvalue weighted by Gasteiger charge is -2.30. The number of hydrogen-bond acceptors (Lipinski definition) is 2. The molecule has 0 aliphatic heterocycles. The molecule has 0 spiro atoms. The molecule has 0 saturated heterocycles. The largest absolute Gasteiger partial charge is 0.310 e. The maximum Gasteiger partial charge on any atom is 0.0546 e. The minimum absolute atomic E-state index is 0.481. The third-order valence-corrected chi connectivity index (χ3v) is 9.75. The highest BCUT2D eigenvalue weighted by molar-refractivity contribution is 6.29. The first-order valence-corrected chi connectivity index (χ1v) is 17.1. The molecule has 0 bridgehead atoms. The molecular weight excluding hydrogens is 581 g/mol. The van der Waals surface area contributed by atoms with Crippen molar-refractivity contribution in [2.75, 3.05) is 9.80 Å². The molecule has 0 fully saturated rings. The van der Waals surface area contributed by atoms with Crippen molar-refractivity contribution in [2.45, 2.75) is 39.5 Å². The number of hydrogen-bond donors (Lipinski definition) is 0. The van der Waals surface area contributed by atoms with E-state index in [0.717, 1.165) is 22.7 Å². The van der Waals surface area contributed by atoms with E-state index in [1.807, 2.05) is 0 Å². The van der Waals surface area contributed by atoms with Crippen molar-refractivity contribution in [3.63, 3.8) is 0 Å². The molecule has 0 N–H and O–H groups in total. The first kappa shape index (κ1) is 29.8. The van der Waals surface area contributed by atoms with Crippen molar-refractivity contribution in [3.8, 4) is 0 Å². The van der Waals surface area contributed by atoms with E-state index in [2.05, 4.69) is 195 Å². The van der Waals surface area contributed by atoms with E-state index >= 15 is 0 Å². The molecule has 8 rings (SSSR count). The molecule has 8 aromatic carbocycles. The zero-order valence-electron chi connectivity index (χ0n) is 28.1. The summed E-state index contributed by atoms with van der Waals surface area (Å²) < 4.78 is 0. The molecule has 0 saturated carbocycles. The highest BCUT2D eigenvalue weighted by atomic mass is 15.1. The molecule has 0 heterocycles. The van der Waals surface area contributed by atoms with Gasteiger partial charge in [-0.3, -0.25) is 0 Å². The third-order valence-electron chi connectivity index (χ3n) is 9.75. The summed E-state index contributed by atoms with van der Waals surface area (Å²) in [5.41, 5.74) is 9.64. The fraction of sp³-hybridized carbons (Fsp3) is 0.130. The summed E-state index contributed by atoms with van der Waals surface area (Å²) >= 11 is 0. The van der Waals surface area contributed by atoms with Gasteiger partial charge in [0.25, 0.3) is 0 Å². The molecule has 0 amide bonds. The van der Waals surface area contributed by atoms with Crippen molar-refractivity contribution in [3.05, 3.63) is 169 Å². The molecule has 0 radical (unpaired) electrons. The van der Waals surface area contributed by atoms with Gasteiger partial charge in [0.2, 0.25) is 0 Å². The Kier molecular flexibility index (Phi) is 7.57. The van der Waals surface area contributed by atoms with E-state index in [4.69, 9.17) is 0 Å². The van der Waals surface area contributed by atoms with E-state index in [9.17, 15) is 0 Å². The standard InChI is InChI=1S/C46H40N2/c1-31(2)33-18-24-39(25-19-33)47(37-13-7-5-8-14-37)43-29-23-36-30-44(41-17-11-12-35-22-28-42(43)46(36)45(35)41)48(38-15-9-6-10-16-38)40-26-20-34(21-27-40)32(3)4/h5-32H,1-4H3. The van der Waals surface area contributed by atoms with Gasteiger partial charge in [0, 0.05) is 33.5 Å². The van der Waals surface area contributed by atoms with Crippen LogP contribution in [-0.4, -0.2) is 0 Å². The summed E-state index contributed by atoms with van der Waals surface area (Å²) in [6.07, 6.45) is 0. The van der Waals surface area contributed by atoms with Crippen LogP contribution in [0, 0.1) is 0 Å². The average molecular weight is 621 g/mol. The molecule has 2 heteroatoms. The number of benzene rings is 8. The summed E-state index contributed by atoms with van der Waals surface area (Å²) in [7, 11) is 0. The summed E-state index contributed by atoms with van der Waals surface area (Å²) in [5.74, 6) is 0.964. The summed E-state index contributed by atoms with van der Waals surface area (Å²) in [5, 5.41) is 7.56. The first-order chi connectivity index (χ1) is 23.5. The maximum atomic E-state index is 2.42. The normalized spacial score (nSPS) is 11.7. The van der Waals surface area contributed by atoms with Gasteiger partial charge in [-0.1, -0.05) is 125 Å². The van der Waals surface area contributed by atoms with Crippen LogP contribution in [-0.2, 0) is 0 Å². The van der Waals surface area contributed by atoms with Crippen molar-refractivity contribution in [1.29, 1.82) is 0 Å². The fourth-order valence-corrected chi connectivity index (χ4v) is 7.20. The molecule has 234 valence electrons. The lowest BCUT2D eigenvalue weighted by Crippen LogP contribution is -2.12. The zero-order chi connectivity index (χ0) is 32.8. The van der Waals surface area contributed by atoms with Crippen molar-refractivity contribution in [2.24, 2.45) is 0 Å². The van der Waals surface area contributed by atoms with Gasteiger partial charge in [0.05, 0.1) is 11.4 Å². The number of nitrogens with zero attached hydrogens (tertiary/aromatic N) is 2. The van der Waals surface area contributed by atoms with E-state index in [1.54, 1.807) is 0 Å². The molecule has 8 aromatic rings. The van der Waals surface area contributed by atoms with E-state index in [0.29, 0.717) is 11.8 Å². The van der Waals surface area contributed by atoms with Crippen LogP contribution in [0.1, 0.15) is 50.7 Å². The van der Waals surface area contributed by atoms with Gasteiger partial charge >= 0.3 is 0 Å². The van der Waals surface area contributed by atoms with Crippen LogP contribution in [0.3, 0.4) is 0 Å². The Bertz CT molecular complexity index is 2320. The Morgan fingerprint density at radius 3 is 1.35 bits per heavy atom. The second-order valence-corrected chi connectivity index (χ2v) is 13.4. The Labute approximate surface area is 283 Å². The zero-order valence-corrected chi connectivity index (χ0v) is 28.1. The molecular formula is C46H40N2. The number of rotatable bonds is 8. The van der Waals surface area contributed by atoms with Gasteiger partial charge in [-0.25, -0.2) is 0 Å². The van der Waals surface area contributed by atoms with Crippen molar-refractivity contribution < 1.29 is 0 Å². The van der Waals surface area contributed by atoms with Crippen LogP contribution in [0.5, 0.6) is 0 Å². The minimum Gasteiger partial charge on any atom is -0.310 e. The average Bonchev–Trinajstić information content (AvgIpc) is 3.13. The second-order valence-electron chi connectivity index (χ2n) is 13.4. The molecule has 48 heavy (non-hydrogen) atoms. The smallest absolute Gasteiger partial charge is 0.0546 e. The highest BCUT2D eigenvalue weighted by Gasteiger charge is 2.22.